The van der Waals surface area contributed by atoms with Gasteiger partial charge in [-0.3, -0.25) is 0 Å². The predicted octanol–water partition coefficient (Wildman–Crippen LogP) is 1.85. The molecule has 0 spiro atoms. The van der Waals surface area contributed by atoms with Crippen LogP contribution in [-0.2, 0) is 6.42 Å². The first-order chi connectivity index (χ1) is 8.78. The summed E-state index contributed by atoms with van der Waals surface area (Å²) in [7, 11) is 0. The summed E-state index contributed by atoms with van der Waals surface area (Å²) >= 11 is 0. The van der Waals surface area contributed by atoms with E-state index in [9.17, 15) is 0 Å². The van der Waals surface area contributed by atoms with Crippen LogP contribution in [0.2, 0.25) is 0 Å². The van der Waals surface area contributed by atoms with Gasteiger partial charge in [0.2, 0.25) is 5.95 Å². The van der Waals surface area contributed by atoms with Gasteiger partial charge >= 0.3 is 0 Å². The highest BCUT2D eigenvalue weighted by molar-refractivity contribution is 5.83. The van der Waals surface area contributed by atoms with Gasteiger partial charge in [0.1, 0.15) is 0 Å². The minimum absolute atomic E-state index is 0.583. The van der Waals surface area contributed by atoms with Crippen LogP contribution in [0.4, 0.5) is 11.8 Å². The molecule has 0 radical (unpaired) electrons. The van der Waals surface area contributed by atoms with Crippen LogP contribution in [-0.4, -0.2) is 33.0 Å². The van der Waals surface area contributed by atoms with E-state index in [-0.39, 0.29) is 0 Å². The molecule has 0 unspecified atom stereocenters. The Balaban J connectivity index is 2.56. The monoisotopic (exact) mass is 246 g/mol. The summed E-state index contributed by atoms with van der Waals surface area (Å²) in [5, 5.41) is 6.30. The summed E-state index contributed by atoms with van der Waals surface area (Å²) in [4.78, 5) is 17.6. The molecule has 18 heavy (non-hydrogen) atoms. The Morgan fingerprint density at radius 3 is 2.44 bits per heavy atom. The van der Waals surface area contributed by atoms with Crippen molar-refractivity contribution in [1.29, 1.82) is 0 Å². The van der Waals surface area contributed by atoms with Crippen molar-refractivity contribution < 1.29 is 0 Å². The zero-order valence-electron chi connectivity index (χ0n) is 11.0. The number of rotatable bonds is 5. The number of fused-ring (bicyclic) bond motifs is 1. The minimum Gasteiger partial charge on any atom is -0.368 e. The normalized spacial score (nSPS) is 10.6. The summed E-state index contributed by atoms with van der Waals surface area (Å²) in [5.41, 5.74) is 2.30. The van der Waals surface area contributed by atoms with Gasteiger partial charge in [-0.25, -0.2) is 9.97 Å². The molecule has 0 aliphatic heterocycles. The van der Waals surface area contributed by atoms with Crippen molar-refractivity contribution in [2.45, 2.75) is 27.2 Å². The Hall–Kier alpha value is -1.98. The predicted molar refractivity (Wildman–Crippen MR) is 72.8 cm³/mol. The fourth-order valence-electron chi connectivity index (χ4n) is 1.64. The van der Waals surface area contributed by atoms with Crippen LogP contribution in [0.1, 0.15) is 26.5 Å². The molecule has 2 N–H and O–H groups in total. The van der Waals surface area contributed by atoms with Crippen molar-refractivity contribution in [2.24, 2.45) is 0 Å². The summed E-state index contributed by atoms with van der Waals surface area (Å²) in [6.07, 6.45) is 2.62. The average Bonchev–Trinajstić information content (AvgIpc) is 2.39. The van der Waals surface area contributed by atoms with E-state index >= 15 is 0 Å². The van der Waals surface area contributed by atoms with E-state index < -0.39 is 0 Å². The van der Waals surface area contributed by atoms with Crippen molar-refractivity contribution >= 4 is 22.9 Å². The van der Waals surface area contributed by atoms with Crippen LogP contribution >= 0.6 is 0 Å². The van der Waals surface area contributed by atoms with Gasteiger partial charge in [-0.1, -0.05) is 6.92 Å². The zero-order valence-corrected chi connectivity index (χ0v) is 11.0. The van der Waals surface area contributed by atoms with E-state index in [0.717, 1.165) is 36.5 Å². The van der Waals surface area contributed by atoms with Crippen LogP contribution in [0.3, 0.4) is 0 Å². The molecule has 0 fully saturated rings. The molecule has 0 amide bonds. The average molecular weight is 246 g/mol. The molecule has 6 nitrogen and oxygen atoms in total. The third-order valence-corrected chi connectivity index (χ3v) is 2.50. The van der Waals surface area contributed by atoms with Crippen molar-refractivity contribution in [2.75, 3.05) is 23.7 Å². The molecule has 0 atom stereocenters. The van der Waals surface area contributed by atoms with E-state index in [1.165, 1.54) is 0 Å². The lowest BCUT2D eigenvalue weighted by molar-refractivity contribution is 1.01. The lowest BCUT2D eigenvalue weighted by Crippen LogP contribution is -2.09. The Kier molecular flexibility index (Phi) is 3.86. The van der Waals surface area contributed by atoms with E-state index in [1.807, 2.05) is 13.8 Å². The fraction of sp³-hybridized carbons (Fsp3) is 0.500. The van der Waals surface area contributed by atoms with Crippen LogP contribution in [0.15, 0.2) is 6.20 Å². The first-order valence-electron chi connectivity index (χ1n) is 6.29. The number of anilines is 2. The number of aryl methyl sites for hydroxylation is 1. The van der Waals surface area contributed by atoms with Gasteiger partial charge in [-0.2, -0.15) is 9.97 Å². The number of hydrogen-bond donors (Lipinski definition) is 2. The van der Waals surface area contributed by atoms with Crippen molar-refractivity contribution in [3.63, 3.8) is 0 Å². The van der Waals surface area contributed by atoms with Gasteiger partial charge in [0.25, 0.3) is 0 Å². The van der Waals surface area contributed by atoms with Gasteiger partial charge in [0.15, 0.2) is 17.0 Å². The molecule has 6 heteroatoms. The minimum atomic E-state index is 0.583. The molecule has 2 heterocycles. The molecular weight excluding hydrogens is 228 g/mol. The van der Waals surface area contributed by atoms with Crippen molar-refractivity contribution in [1.82, 2.24) is 19.9 Å². The van der Waals surface area contributed by atoms with E-state index in [2.05, 4.69) is 37.5 Å². The molecule has 0 saturated carbocycles. The second-order valence-electron chi connectivity index (χ2n) is 3.84. The SMILES string of the molecule is CCNc1nc(NCC)c2nc(CC)cnc2n1. The van der Waals surface area contributed by atoms with Crippen molar-refractivity contribution in [3.8, 4) is 0 Å². The molecule has 0 aromatic carbocycles. The van der Waals surface area contributed by atoms with Gasteiger partial charge in [-0.05, 0) is 20.3 Å². The third-order valence-electron chi connectivity index (χ3n) is 2.50. The van der Waals surface area contributed by atoms with E-state index in [4.69, 9.17) is 0 Å². The molecule has 0 saturated heterocycles. The molecule has 2 aromatic heterocycles. The Bertz CT molecular complexity index is 539. The van der Waals surface area contributed by atoms with Gasteiger partial charge < -0.3 is 10.6 Å². The van der Waals surface area contributed by atoms with Gasteiger partial charge in [0, 0.05) is 13.1 Å². The second-order valence-corrected chi connectivity index (χ2v) is 3.84. The maximum atomic E-state index is 4.54. The number of aromatic nitrogens is 4. The summed E-state index contributed by atoms with van der Waals surface area (Å²) in [5.74, 6) is 1.32. The Morgan fingerprint density at radius 1 is 1.00 bits per heavy atom. The fourth-order valence-corrected chi connectivity index (χ4v) is 1.64. The second kappa shape index (κ2) is 5.57. The maximum absolute atomic E-state index is 4.54. The van der Waals surface area contributed by atoms with Crippen LogP contribution in [0.5, 0.6) is 0 Å². The molecule has 2 aromatic rings. The smallest absolute Gasteiger partial charge is 0.226 e. The molecular formula is C12H18N6. The lowest BCUT2D eigenvalue weighted by atomic mass is 10.3. The Labute approximate surface area is 106 Å². The van der Waals surface area contributed by atoms with Crippen molar-refractivity contribution in [3.05, 3.63) is 11.9 Å². The number of nitrogens with one attached hydrogen (secondary N) is 2. The number of nitrogens with zero attached hydrogens (tertiary/aromatic N) is 4. The van der Waals surface area contributed by atoms with Crippen LogP contribution in [0.25, 0.3) is 11.2 Å². The lowest BCUT2D eigenvalue weighted by Gasteiger charge is -2.09. The topological polar surface area (TPSA) is 75.6 Å². The summed E-state index contributed by atoms with van der Waals surface area (Å²) in [6.45, 7) is 7.65. The number of hydrogen-bond acceptors (Lipinski definition) is 6. The first kappa shape index (κ1) is 12.5. The zero-order chi connectivity index (χ0) is 13.0. The maximum Gasteiger partial charge on any atom is 0.226 e. The van der Waals surface area contributed by atoms with Crippen LogP contribution < -0.4 is 10.6 Å². The highest BCUT2D eigenvalue weighted by atomic mass is 15.2. The molecule has 2 rings (SSSR count). The standard InChI is InChI=1S/C12H18N6/c1-4-8-7-15-11-9(16-8)10(13-5-2)17-12(18-11)14-6-3/h7H,4-6H2,1-3H3,(H2,13,14,15,17,18). The first-order valence-corrected chi connectivity index (χ1v) is 6.29. The van der Waals surface area contributed by atoms with E-state index in [1.54, 1.807) is 6.20 Å². The third kappa shape index (κ3) is 2.47. The highest BCUT2D eigenvalue weighted by Crippen LogP contribution is 2.18. The van der Waals surface area contributed by atoms with Crippen LogP contribution in [0, 0.1) is 0 Å². The molecule has 0 aliphatic carbocycles. The largest absolute Gasteiger partial charge is 0.368 e. The van der Waals surface area contributed by atoms with E-state index in [0.29, 0.717) is 11.6 Å². The quantitative estimate of drug-likeness (QED) is 0.838. The van der Waals surface area contributed by atoms with Gasteiger partial charge in [0.05, 0.1) is 11.9 Å². The Morgan fingerprint density at radius 2 is 1.78 bits per heavy atom. The molecule has 0 bridgehead atoms. The highest BCUT2D eigenvalue weighted by Gasteiger charge is 2.09. The molecule has 0 aliphatic rings. The summed E-state index contributed by atoms with van der Waals surface area (Å²) in [6, 6.07) is 0. The summed E-state index contributed by atoms with van der Waals surface area (Å²) < 4.78 is 0. The molecule has 96 valence electrons. The van der Waals surface area contributed by atoms with Gasteiger partial charge in [-0.15, -0.1) is 0 Å².